The van der Waals surface area contributed by atoms with E-state index in [0.717, 1.165) is 17.1 Å². The van der Waals surface area contributed by atoms with Crippen molar-refractivity contribution < 1.29 is 9.53 Å². The Kier molecular flexibility index (Phi) is 7.15. The molecule has 1 saturated carbocycles. The number of carbonyl (C=O) groups excluding carboxylic acids is 1. The number of amides is 1. The first-order valence-corrected chi connectivity index (χ1v) is 10.6. The first kappa shape index (κ1) is 20.2. The minimum atomic E-state index is 0.0325. The van der Waals surface area contributed by atoms with Gasteiger partial charge in [0.05, 0.1) is 10.8 Å². The third-order valence-corrected chi connectivity index (χ3v) is 5.91. The molecule has 1 amide bonds. The van der Waals surface area contributed by atoms with Gasteiger partial charge in [0, 0.05) is 31.9 Å². The molecular formula is C19H25ClN4O2S. The van der Waals surface area contributed by atoms with E-state index in [9.17, 15) is 4.79 Å². The van der Waals surface area contributed by atoms with E-state index in [1.807, 2.05) is 28.8 Å². The lowest BCUT2D eigenvalue weighted by molar-refractivity contribution is -0.119. The molecule has 1 aliphatic rings. The molecule has 0 radical (unpaired) electrons. The maximum atomic E-state index is 12.2. The van der Waals surface area contributed by atoms with Crippen LogP contribution in [0.2, 0.25) is 5.02 Å². The van der Waals surface area contributed by atoms with Crippen molar-refractivity contribution in [3.8, 4) is 11.4 Å². The van der Waals surface area contributed by atoms with Crippen LogP contribution in [0.15, 0.2) is 29.4 Å². The van der Waals surface area contributed by atoms with Crippen molar-refractivity contribution in [1.29, 1.82) is 0 Å². The summed E-state index contributed by atoms with van der Waals surface area (Å²) in [6.07, 6.45) is 3.25. The lowest BCUT2D eigenvalue weighted by atomic mass is 10.2. The van der Waals surface area contributed by atoms with Crippen LogP contribution in [0, 0.1) is 5.92 Å². The average molecular weight is 409 g/mol. The summed E-state index contributed by atoms with van der Waals surface area (Å²) in [5.41, 5.74) is 0.836. The predicted octanol–water partition coefficient (Wildman–Crippen LogP) is 3.64. The summed E-state index contributed by atoms with van der Waals surface area (Å²) in [6.45, 7) is 3.41. The highest BCUT2D eigenvalue weighted by atomic mass is 35.5. The number of aromatic nitrogens is 3. The Hall–Kier alpha value is -1.57. The normalized spacial score (nSPS) is 14.9. The van der Waals surface area contributed by atoms with Crippen LogP contribution in [0.1, 0.15) is 26.2 Å². The van der Waals surface area contributed by atoms with Gasteiger partial charge < -0.3 is 14.6 Å². The van der Waals surface area contributed by atoms with E-state index in [1.165, 1.54) is 24.6 Å². The van der Waals surface area contributed by atoms with Crippen molar-refractivity contribution in [2.75, 3.05) is 19.5 Å². The second-order valence-corrected chi connectivity index (χ2v) is 8.12. The molecule has 0 aliphatic heterocycles. The van der Waals surface area contributed by atoms with Crippen LogP contribution in [0.3, 0.4) is 0 Å². The van der Waals surface area contributed by atoms with Crippen LogP contribution in [0.25, 0.3) is 11.4 Å². The summed E-state index contributed by atoms with van der Waals surface area (Å²) in [7, 11) is 1.68. The van der Waals surface area contributed by atoms with Crippen molar-refractivity contribution in [3.63, 3.8) is 0 Å². The summed E-state index contributed by atoms with van der Waals surface area (Å²) in [5.74, 6) is 1.71. The number of hydrogen-bond donors (Lipinski definition) is 1. The van der Waals surface area contributed by atoms with Crippen LogP contribution in [-0.2, 0) is 16.1 Å². The predicted molar refractivity (Wildman–Crippen MR) is 108 cm³/mol. The number of halogens is 1. The van der Waals surface area contributed by atoms with Crippen LogP contribution < -0.4 is 5.32 Å². The monoisotopic (exact) mass is 408 g/mol. The number of thioether (sulfide) groups is 1. The minimum Gasteiger partial charge on any atom is -0.385 e. The fraction of sp³-hybridized carbons (Fsp3) is 0.526. The average Bonchev–Trinajstić information content (AvgIpc) is 3.43. The summed E-state index contributed by atoms with van der Waals surface area (Å²) in [4.78, 5) is 12.2. The molecule has 3 rings (SSSR count). The SMILES string of the molecule is COCCCn1c(SCC(=O)NC(C)C2CC2)nnc1-c1ccccc1Cl. The fourth-order valence-corrected chi connectivity index (χ4v) is 3.94. The van der Waals surface area contributed by atoms with Gasteiger partial charge in [-0.1, -0.05) is 35.5 Å². The second kappa shape index (κ2) is 9.57. The molecule has 1 unspecified atom stereocenters. The van der Waals surface area contributed by atoms with Crippen molar-refractivity contribution in [2.24, 2.45) is 5.92 Å². The van der Waals surface area contributed by atoms with E-state index in [0.29, 0.717) is 35.7 Å². The molecule has 8 heteroatoms. The zero-order valence-electron chi connectivity index (χ0n) is 15.7. The van der Waals surface area contributed by atoms with Crippen LogP contribution >= 0.6 is 23.4 Å². The van der Waals surface area contributed by atoms with E-state index in [4.69, 9.17) is 16.3 Å². The van der Waals surface area contributed by atoms with Gasteiger partial charge in [-0.3, -0.25) is 4.79 Å². The fourth-order valence-electron chi connectivity index (χ4n) is 2.95. The number of rotatable bonds is 10. The van der Waals surface area contributed by atoms with E-state index in [1.54, 1.807) is 7.11 Å². The smallest absolute Gasteiger partial charge is 0.230 e. The number of nitrogens with one attached hydrogen (secondary N) is 1. The lowest BCUT2D eigenvalue weighted by Crippen LogP contribution is -2.35. The molecule has 2 aromatic rings. The summed E-state index contributed by atoms with van der Waals surface area (Å²) >= 11 is 7.75. The van der Waals surface area contributed by atoms with Crippen molar-refractivity contribution in [1.82, 2.24) is 20.1 Å². The summed E-state index contributed by atoms with van der Waals surface area (Å²) in [6, 6.07) is 7.83. The first-order chi connectivity index (χ1) is 13.1. The standard InChI is InChI=1S/C19H25ClN4O2S/c1-13(14-8-9-14)21-17(25)12-27-19-23-22-18(24(19)10-5-11-26-2)15-6-3-4-7-16(15)20/h3-4,6-7,13-14H,5,8-12H2,1-2H3,(H,21,25). The summed E-state index contributed by atoms with van der Waals surface area (Å²) in [5, 5.41) is 13.1. The zero-order chi connectivity index (χ0) is 19.2. The van der Waals surface area contributed by atoms with Gasteiger partial charge in [0.25, 0.3) is 0 Å². The molecule has 1 aromatic heterocycles. The lowest BCUT2D eigenvalue weighted by Gasteiger charge is -2.13. The largest absolute Gasteiger partial charge is 0.385 e. The molecule has 0 spiro atoms. The van der Waals surface area contributed by atoms with Gasteiger partial charge in [-0.25, -0.2) is 0 Å². The number of hydrogen-bond acceptors (Lipinski definition) is 5. The van der Waals surface area contributed by atoms with Gasteiger partial charge in [0.1, 0.15) is 0 Å². The van der Waals surface area contributed by atoms with Gasteiger partial charge in [-0.15, -0.1) is 10.2 Å². The summed E-state index contributed by atoms with van der Waals surface area (Å²) < 4.78 is 7.18. The molecule has 1 atom stereocenters. The number of methoxy groups -OCH3 is 1. The number of carbonyl (C=O) groups is 1. The molecule has 1 heterocycles. The third kappa shape index (κ3) is 5.46. The van der Waals surface area contributed by atoms with Crippen LogP contribution in [0.4, 0.5) is 0 Å². The highest BCUT2D eigenvalue weighted by Gasteiger charge is 2.29. The quantitative estimate of drug-likeness (QED) is 0.480. The molecule has 1 aliphatic carbocycles. The topological polar surface area (TPSA) is 69.0 Å². The van der Waals surface area contributed by atoms with Gasteiger partial charge in [0.15, 0.2) is 11.0 Å². The molecule has 0 saturated heterocycles. The molecule has 1 aromatic carbocycles. The highest BCUT2D eigenvalue weighted by molar-refractivity contribution is 7.99. The van der Waals surface area contributed by atoms with E-state index in [-0.39, 0.29) is 11.9 Å². The number of ether oxygens (including phenoxy) is 1. The zero-order valence-corrected chi connectivity index (χ0v) is 17.2. The highest BCUT2D eigenvalue weighted by Crippen LogP contribution is 2.32. The molecule has 27 heavy (non-hydrogen) atoms. The van der Waals surface area contributed by atoms with Crippen molar-refractivity contribution in [3.05, 3.63) is 29.3 Å². The Morgan fingerprint density at radius 3 is 2.89 bits per heavy atom. The Balaban J connectivity index is 1.71. The molecule has 6 nitrogen and oxygen atoms in total. The maximum Gasteiger partial charge on any atom is 0.230 e. The van der Waals surface area contributed by atoms with Gasteiger partial charge in [0.2, 0.25) is 5.91 Å². The second-order valence-electron chi connectivity index (χ2n) is 6.77. The van der Waals surface area contributed by atoms with E-state index < -0.39 is 0 Å². The van der Waals surface area contributed by atoms with Crippen LogP contribution in [-0.4, -0.2) is 46.2 Å². The number of nitrogens with zero attached hydrogens (tertiary/aromatic N) is 3. The van der Waals surface area contributed by atoms with Gasteiger partial charge in [-0.2, -0.15) is 0 Å². The molecular weight excluding hydrogens is 384 g/mol. The van der Waals surface area contributed by atoms with Gasteiger partial charge >= 0.3 is 0 Å². The van der Waals surface area contributed by atoms with E-state index >= 15 is 0 Å². The minimum absolute atomic E-state index is 0.0325. The van der Waals surface area contributed by atoms with E-state index in [2.05, 4.69) is 22.4 Å². The molecule has 146 valence electrons. The first-order valence-electron chi connectivity index (χ1n) is 9.19. The Labute approximate surface area is 169 Å². The molecule has 1 fully saturated rings. The molecule has 0 bridgehead atoms. The van der Waals surface area contributed by atoms with Crippen molar-refractivity contribution in [2.45, 2.75) is 43.9 Å². The third-order valence-electron chi connectivity index (χ3n) is 4.61. The van der Waals surface area contributed by atoms with Gasteiger partial charge in [-0.05, 0) is 44.2 Å². The van der Waals surface area contributed by atoms with Crippen LogP contribution in [0.5, 0.6) is 0 Å². The number of benzene rings is 1. The Morgan fingerprint density at radius 1 is 1.41 bits per heavy atom. The Bertz CT molecular complexity index is 779. The Morgan fingerprint density at radius 2 is 2.19 bits per heavy atom. The molecule has 1 N–H and O–H groups in total. The maximum absolute atomic E-state index is 12.2. The van der Waals surface area contributed by atoms with Crippen molar-refractivity contribution >= 4 is 29.3 Å².